The molecule has 0 unspecified atom stereocenters. The molecule has 0 aromatic carbocycles. The van der Waals surface area contributed by atoms with Gasteiger partial charge in [-0.15, -0.1) is 0 Å². The first-order chi connectivity index (χ1) is 11.1. The first kappa shape index (κ1) is 16.1. The maximum absolute atomic E-state index is 12.4. The summed E-state index contributed by atoms with van der Waals surface area (Å²) in [5.41, 5.74) is 0.781. The van der Waals surface area contributed by atoms with Crippen molar-refractivity contribution in [3.8, 4) is 0 Å². The fraction of sp³-hybridized carbons (Fsp3) is 0.647. The molecule has 3 rings (SSSR count). The number of carbonyl (C=O) groups is 2. The van der Waals surface area contributed by atoms with Gasteiger partial charge in [-0.05, 0) is 25.3 Å². The average molecular weight is 319 g/mol. The van der Waals surface area contributed by atoms with Crippen LogP contribution in [0.1, 0.15) is 36.0 Å². The first-order valence-electron chi connectivity index (χ1n) is 8.32. The maximum atomic E-state index is 12.4. The molecule has 1 aromatic rings. The van der Waals surface area contributed by atoms with Crippen molar-refractivity contribution in [2.45, 2.75) is 25.7 Å². The lowest BCUT2D eigenvalue weighted by molar-refractivity contribution is -0.128. The Balaban J connectivity index is 1.54. The first-order valence-corrected chi connectivity index (χ1v) is 8.32. The second-order valence-corrected chi connectivity index (χ2v) is 6.73. The Morgan fingerprint density at radius 3 is 2.83 bits per heavy atom. The number of aromatic amines is 1. The number of nitrogens with one attached hydrogen (secondary N) is 1. The lowest BCUT2D eigenvalue weighted by Gasteiger charge is -2.38. The summed E-state index contributed by atoms with van der Waals surface area (Å²) in [7, 11) is 1.69. The summed E-state index contributed by atoms with van der Waals surface area (Å²) in [4.78, 5) is 31.4. The standard InChI is InChI=1S/C17H25N3O3/c1-23-10-2-7-20-13-17(11-15(20)21)4-8-19(9-5-17)16(22)14-3-6-18-12-14/h3,6,12,18H,2,4-5,7-11,13H2,1H3. The molecule has 0 saturated carbocycles. The summed E-state index contributed by atoms with van der Waals surface area (Å²) < 4.78 is 5.06. The molecule has 3 heterocycles. The van der Waals surface area contributed by atoms with Gasteiger partial charge in [0.15, 0.2) is 0 Å². The Morgan fingerprint density at radius 2 is 2.17 bits per heavy atom. The van der Waals surface area contributed by atoms with Gasteiger partial charge in [-0.25, -0.2) is 0 Å². The second kappa shape index (κ2) is 6.74. The molecule has 2 saturated heterocycles. The van der Waals surface area contributed by atoms with Gasteiger partial charge in [0.25, 0.3) is 5.91 Å². The minimum atomic E-state index is 0.0685. The van der Waals surface area contributed by atoms with E-state index in [1.54, 1.807) is 19.5 Å². The summed E-state index contributed by atoms with van der Waals surface area (Å²) >= 11 is 0. The molecule has 1 N–H and O–H groups in total. The van der Waals surface area contributed by atoms with Gasteiger partial charge in [-0.1, -0.05) is 0 Å². The molecular formula is C17H25N3O3. The van der Waals surface area contributed by atoms with Gasteiger partial charge < -0.3 is 19.5 Å². The van der Waals surface area contributed by atoms with Crippen LogP contribution in [0.5, 0.6) is 0 Å². The predicted molar refractivity (Wildman–Crippen MR) is 86.1 cm³/mol. The van der Waals surface area contributed by atoms with E-state index in [0.29, 0.717) is 18.6 Å². The molecule has 2 aliphatic heterocycles. The highest BCUT2D eigenvalue weighted by atomic mass is 16.5. The molecule has 6 nitrogen and oxygen atoms in total. The number of nitrogens with zero attached hydrogens (tertiary/aromatic N) is 2. The lowest BCUT2D eigenvalue weighted by Crippen LogP contribution is -2.44. The highest BCUT2D eigenvalue weighted by Crippen LogP contribution is 2.41. The third-order valence-corrected chi connectivity index (χ3v) is 5.14. The zero-order valence-corrected chi connectivity index (χ0v) is 13.7. The van der Waals surface area contributed by atoms with Crippen molar-refractivity contribution in [1.29, 1.82) is 0 Å². The van der Waals surface area contributed by atoms with Crippen LogP contribution in [0.25, 0.3) is 0 Å². The van der Waals surface area contributed by atoms with Crippen molar-refractivity contribution >= 4 is 11.8 Å². The number of carbonyl (C=O) groups excluding carboxylic acids is 2. The normalized spacial score (nSPS) is 20.5. The minimum absolute atomic E-state index is 0.0685. The van der Waals surface area contributed by atoms with Gasteiger partial charge in [0.2, 0.25) is 5.91 Å². The van der Waals surface area contributed by atoms with Crippen molar-refractivity contribution in [1.82, 2.24) is 14.8 Å². The molecule has 6 heteroatoms. The van der Waals surface area contributed by atoms with Crippen molar-refractivity contribution in [3.63, 3.8) is 0 Å². The average Bonchev–Trinajstić information content (AvgIpc) is 3.17. The number of methoxy groups -OCH3 is 1. The highest BCUT2D eigenvalue weighted by molar-refractivity contribution is 5.94. The Labute approximate surface area is 136 Å². The van der Waals surface area contributed by atoms with Crippen LogP contribution < -0.4 is 0 Å². The quantitative estimate of drug-likeness (QED) is 0.837. The Morgan fingerprint density at radius 1 is 1.39 bits per heavy atom. The topological polar surface area (TPSA) is 65.6 Å². The summed E-state index contributed by atoms with van der Waals surface area (Å²) in [6.07, 6.45) is 6.85. The van der Waals surface area contributed by atoms with E-state index in [2.05, 4.69) is 4.98 Å². The zero-order valence-electron chi connectivity index (χ0n) is 13.7. The maximum Gasteiger partial charge on any atom is 0.255 e. The Hall–Kier alpha value is -1.82. The summed E-state index contributed by atoms with van der Waals surface area (Å²) in [5, 5.41) is 0. The lowest BCUT2D eigenvalue weighted by atomic mass is 9.77. The molecule has 2 fully saturated rings. The van der Waals surface area contributed by atoms with Gasteiger partial charge in [-0.2, -0.15) is 0 Å². The zero-order chi connectivity index (χ0) is 16.3. The van der Waals surface area contributed by atoms with E-state index in [9.17, 15) is 9.59 Å². The van der Waals surface area contributed by atoms with Crippen LogP contribution in [0.3, 0.4) is 0 Å². The van der Waals surface area contributed by atoms with E-state index in [4.69, 9.17) is 4.74 Å². The van der Waals surface area contributed by atoms with Crippen molar-refractivity contribution < 1.29 is 14.3 Å². The van der Waals surface area contributed by atoms with E-state index < -0.39 is 0 Å². The van der Waals surface area contributed by atoms with Crippen LogP contribution in [-0.2, 0) is 9.53 Å². The molecule has 0 atom stereocenters. The number of rotatable bonds is 5. The molecule has 23 heavy (non-hydrogen) atoms. The molecule has 0 aliphatic carbocycles. The van der Waals surface area contributed by atoms with Crippen LogP contribution in [-0.4, -0.2) is 66.5 Å². The van der Waals surface area contributed by atoms with Gasteiger partial charge in [0, 0.05) is 64.1 Å². The van der Waals surface area contributed by atoms with Gasteiger partial charge >= 0.3 is 0 Å². The van der Waals surface area contributed by atoms with Crippen LogP contribution in [0.2, 0.25) is 0 Å². The third kappa shape index (κ3) is 3.42. The minimum Gasteiger partial charge on any atom is -0.385 e. The largest absolute Gasteiger partial charge is 0.385 e. The Kier molecular flexibility index (Phi) is 4.71. The fourth-order valence-corrected chi connectivity index (χ4v) is 3.74. The number of hydrogen-bond acceptors (Lipinski definition) is 3. The molecule has 0 radical (unpaired) electrons. The number of piperidine rings is 1. The monoisotopic (exact) mass is 319 g/mol. The molecule has 2 amide bonds. The smallest absolute Gasteiger partial charge is 0.255 e. The van der Waals surface area contributed by atoms with Crippen LogP contribution in [0.4, 0.5) is 0 Å². The number of hydrogen-bond donors (Lipinski definition) is 1. The summed E-state index contributed by atoms with van der Waals surface area (Å²) in [5.74, 6) is 0.342. The Bertz CT molecular complexity index is 547. The van der Waals surface area contributed by atoms with E-state index in [0.717, 1.165) is 45.4 Å². The number of likely N-dealkylation sites (tertiary alicyclic amines) is 2. The fourth-order valence-electron chi connectivity index (χ4n) is 3.74. The van der Waals surface area contributed by atoms with Gasteiger partial charge in [0.1, 0.15) is 0 Å². The highest BCUT2D eigenvalue weighted by Gasteiger charge is 2.45. The summed E-state index contributed by atoms with van der Waals surface area (Å²) in [6, 6.07) is 1.81. The number of H-pyrrole nitrogens is 1. The van der Waals surface area contributed by atoms with Crippen molar-refractivity contribution in [2.75, 3.05) is 39.9 Å². The van der Waals surface area contributed by atoms with Crippen LogP contribution in [0, 0.1) is 5.41 Å². The SMILES string of the molecule is COCCCN1CC2(CCN(C(=O)c3cc[nH]c3)CC2)CC1=O. The van der Waals surface area contributed by atoms with E-state index in [-0.39, 0.29) is 17.2 Å². The van der Waals surface area contributed by atoms with Crippen LogP contribution in [0.15, 0.2) is 18.5 Å². The van der Waals surface area contributed by atoms with E-state index >= 15 is 0 Å². The molecule has 1 spiro atoms. The predicted octanol–water partition coefficient (Wildman–Crippen LogP) is 1.51. The molecule has 0 bridgehead atoms. The summed E-state index contributed by atoms with van der Waals surface area (Å²) in [6.45, 7) is 3.78. The number of amides is 2. The second-order valence-electron chi connectivity index (χ2n) is 6.73. The third-order valence-electron chi connectivity index (χ3n) is 5.14. The number of ether oxygens (including phenoxy) is 1. The molecule has 1 aromatic heterocycles. The van der Waals surface area contributed by atoms with Crippen molar-refractivity contribution in [3.05, 3.63) is 24.0 Å². The van der Waals surface area contributed by atoms with Gasteiger partial charge in [0.05, 0.1) is 5.56 Å². The van der Waals surface area contributed by atoms with E-state index in [1.165, 1.54) is 0 Å². The van der Waals surface area contributed by atoms with Crippen molar-refractivity contribution in [2.24, 2.45) is 5.41 Å². The molecule has 2 aliphatic rings. The molecular weight excluding hydrogens is 294 g/mol. The van der Waals surface area contributed by atoms with Crippen LogP contribution >= 0.6 is 0 Å². The number of aromatic nitrogens is 1. The molecule has 126 valence electrons. The van der Waals surface area contributed by atoms with Gasteiger partial charge in [-0.3, -0.25) is 9.59 Å². The van der Waals surface area contributed by atoms with E-state index in [1.807, 2.05) is 15.9 Å².